The average Bonchev–Trinajstić information content (AvgIpc) is 2.46. The molecule has 88 valence electrons. The SMILES string of the molecule is N#Cc1ccccc1OCc1ccc(C=O)cc1. The summed E-state index contributed by atoms with van der Waals surface area (Å²) in [6, 6.07) is 16.3. The number of ether oxygens (including phenoxy) is 1. The molecule has 0 saturated heterocycles. The Kier molecular flexibility index (Phi) is 3.72. The third-order valence-corrected chi connectivity index (χ3v) is 2.52. The molecule has 0 spiro atoms. The molecule has 0 unspecified atom stereocenters. The minimum atomic E-state index is 0.373. The van der Waals surface area contributed by atoms with Crippen molar-refractivity contribution in [1.29, 1.82) is 5.26 Å². The molecule has 0 heterocycles. The lowest BCUT2D eigenvalue weighted by Crippen LogP contribution is -1.97. The highest BCUT2D eigenvalue weighted by molar-refractivity contribution is 5.74. The second kappa shape index (κ2) is 5.65. The van der Waals surface area contributed by atoms with Gasteiger partial charge in [0.2, 0.25) is 0 Å². The fourth-order valence-electron chi connectivity index (χ4n) is 1.54. The first-order valence-electron chi connectivity index (χ1n) is 5.49. The van der Waals surface area contributed by atoms with Crippen LogP contribution >= 0.6 is 0 Å². The molecular formula is C15H11NO2. The molecule has 0 aliphatic carbocycles. The largest absolute Gasteiger partial charge is 0.488 e. The fraction of sp³-hybridized carbons (Fsp3) is 0.0667. The number of aldehydes is 1. The van der Waals surface area contributed by atoms with Crippen LogP contribution in [0.3, 0.4) is 0 Å². The van der Waals surface area contributed by atoms with Crippen LogP contribution in [-0.4, -0.2) is 6.29 Å². The summed E-state index contributed by atoms with van der Waals surface area (Å²) in [5.74, 6) is 0.569. The van der Waals surface area contributed by atoms with E-state index in [4.69, 9.17) is 10.00 Å². The average molecular weight is 237 g/mol. The standard InChI is InChI=1S/C15H11NO2/c16-9-14-3-1-2-4-15(14)18-11-13-7-5-12(10-17)6-8-13/h1-8,10H,11H2. The van der Waals surface area contributed by atoms with Crippen LogP contribution < -0.4 is 4.74 Å². The number of para-hydroxylation sites is 1. The molecule has 0 fully saturated rings. The van der Waals surface area contributed by atoms with Gasteiger partial charge < -0.3 is 4.74 Å². The zero-order chi connectivity index (χ0) is 12.8. The van der Waals surface area contributed by atoms with Gasteiger partial charge in [-0.15, -0.1) is 0 Å². The zero-order valence-corrected chi connectivity index (χ0v) is 9.67. The van der Waals surface area contributed by atoms with E-state index >= 15 is 0 Å². The number of nitrogens with zero attached hydrogens (tertiary/aromatic N) is 1. The first-order chi connectivity index (χ1) is 8.83. The Hall–Kier alpha value is -2.60. The molecule has 3 nitrogen and oxygen atoms in total. The number of carbonyl (C=O) groups is 1. The van der Waals surface area contributed by atoms with Crippen molar-refractivity contribution in [3.8, 4) is 11.8 Å². The summed E-state index contributed by atoms with van der Waals surface area (Å²) in [7, 11) is 0. The Balaban J connectivity index is 2.07. The number of hydrogen-bond acceptors (Lipinski definition) is 3. The van der Waals surface area contributed by atoms with E-state index in [2.05, 4.69) is 6.07 Å². The molecule has 0 atom stereocenters. The second-order valence-corrected chi connectivity index (χ2v) is 3.76. The highest BCUT2D eigenvalue weighted by Crippen LogP contribution is 2.18. The first-order valence-corrected chi connectivity index (χ1v) is 5.49. The zero-order valence-electron chi connectivity index (χ0n) is 9.67. The summed E-state index contributed by atoms with van der Waals surface area (Å²) in [5, 5.41) is 8.92. The molecule has 0 saturated carbocycles. The maximum atomic E-state index is 10.5. The molecule has 0 aliphatic heterocycles. The second-order valence-electron chi connectivity index (χ2n) is 3.76. The molecule has 2 aromatic rings. The van der Waals surface area contributed by atoms with Crippen LogP contribution in [-0.2, 0) is 6.61 Å². The number of carbonyl (C=O) groups excluding carboxylic acids is 1. The minimum Gasteiger partial charge on any atom is -0.488 e. The summed E-state index contributed by atoms with van der Waals surface area (Å²) in [6.07, 6.45) is 0.801. The van der Waals surface area contributed by atoms with Gasteiger partial charge in [0.25, 0.3) is 0 Å². The smallest absolute Gasteiger partial charge is 0.150 e. The van der Waals surface area contributed by atoms with Gasteiger partial charge in [-0.3, -0.25) is 4.79 Å². The van der Waals surface area contributed by atoms with E-state index in [9.17, 15) is 4.79 Å². The molecule has 18 heavy (non-hydrogen) atoms. The van der Waals surface area contributed by atoms with E-state index < -0.39 is 0 Å². The highest BCUT2D eigenvalue weighted by atomic mass is 16.5. The molecule has 0 aromatic heterocycles. The Labute approximate surface area is 105 Å². The summed E-state index contributed by atoms with van der Waals surface area (Å²) in [6.45, 7) is 0.373. The van der Waals surface area contributed by atoms with Crippen molar-refractivity contribution < 1.29 is 9.53 Å². The van der Waals surface area contributed by atoms with Crippen LogP contribution in [0.25, 0.3) is 0 Å². The van der Waals surface area contributed by atoms with Crippen molar-refractivity contribution >= 4 is 6.29 Å². The van der Waals surface area contributed by atoms with Crippen LogP contribution in [0.15, 0.2) is 48.5 Å². The van der Waals surface area contributed by atoms with Crippen molar-refractivity contribution in [3.63, 3.8) is 0 Å². The number of nitriles is 1. The summed E-state index contributed by atoms with van der Waals surface area (Å²) in [4.78, 5) is 10.5. The quantitative estimate of drug-likeness (QED) is 0.768. The highest BCUT2D eigenvalue weighted by Gasteiger charge is 2.02. The summed E-state index contributed by atoms with van der Waals surface area (Å²) >= 11 is 0. The number of benzene rings is 2. The van der Waals surface area contributed by atoms with Crippen LogP contribution in [0.4, 0.5) is 0 Å². The van der Waals surface area contributed by atoms with Gasteiger partial charge in [0.1, 0.15) is 24.7 Å². The van der Waals surface area contributed by atoms with Crippen molar-refractivity contribution in [3.05, 3.63) is 65.2 Å². The van der Waals surface area contributed by atoms with Crippen molar-refractivity contribution in [1.82, 2.24) is 0 Å². The molecule has 0 amide bonds. The predicted octanol–water partition coefficient (Wildman–Crippen LogP) is 2.95. The van der Waals surface area contributed by atoms with Crippen molar-refractivity contribution in [2.24, 2.45) is 0 Å². The van der Waals surface area contributed by atoms with E-state index in [1.165, 1.54) is 0 Å². The first kappa shape index (κ1) is 11.9. The maximum absolute atomic E-state index is 10.5. The van der Waals surface area contributed by atoms with Gasteiger partial charge in [-0.1, -0.05) is 36.4 Å². The van der Waals surface area contributed by atoms with Gasteiger partial charge in [-0.2, -0.15) is 5.26 Å². The molecule has 0 aliphatic rings. The Bertz CT molecular complexity index is 582. The lowest BCUT2D eigenvalue weighted by Gasteiger charge is -2.07. The van der Waals surface area contributed by atoms with E-state index in [-0.39, 0.29) is 0 Å². The minimum absolute atomic E-state index is 0.373. The lowest BCUT2D eigenvalue weighted by molar-refractivity contribution is 0.112. The van der Waals surface area contributed by atoms with Gasteiger partial charge in [0, 0.05) is 5.56 Å². The van der Waals surface area contributed by atoms with E-state index in [0.717, 1.165) is 11.8 Å². The molecule has 0 radical (unpaired) electrons. The topological polar surface area (TPSA) is 50.1 Å². The summed E-state index contributed by atoms with van der Waals surface area (Å²) in [5.41, 5.74) is 2.10. The van der Waals surface area contributed by atoms with Gasteiger partial charge in [-0.25, -0.2) is 0 Å². The molecule has 3 heteroatoms. The van der Waals surface area contributed by atoms with Crippen LogP contribution in [0.1, 0.15) is 21.5 Å². The third kappa shape index (κ3) is 2.74. The van der Waals surface area contributed by atoms with Crippen LogP contribution in [0, 0.1) is 11.3 Å². The van der Waals surface area contributed by atoms with E-state index in [1.807, 2.05) is 18.2 Å². The van der Waals surface area contributed by atoms with Gasteiger partial charge in [0.15, 0.2) is 0 Å². The van der Waals surface area contributed by atoms with Crippen molar-refractivity contribution in [2.75, 3.05) is 0 Å². The third-order valence-electron chi connectivity index (χ3n) is 2.52. The normalized spacial score (nSPS) is 9.50. The maximum Gasteiger partial charge on any atom is 0.150 e. The molecule has 2 aromatic carbocycles. The molecule has 2 rings (SSSR count). The lowest BCUT2D eigenvalue weighted by atomic mass is 10.1. The van der Waals surface area contributed by atoms with Crippen LogP contribution in [0.2, 0.25) is 0 Å². The van der Waals surface area contributed by atoms with Crippen LogP contribution in [0.5, 0.6) is 5.75 Å². The molecule has 0 N–H and O–H groups in total. The Morgan fingerprint density at radius 1 is 1.11 bits per heavy atom. The van der Waals surface area contributed by atoms with Gasteiger partial charge >= 0.3 is 0 Å². The van der Waals surface area contributed by atoms with E-state index in [1.54, 1.807) is 30.3 Å². The fourth-order valence-corrected chi connectivity index (χ4v) is 1.54. The summed E-state index contributed by atoms with van der Waals surface area (Å²) < 4.78 is 5.58. The number of rotatable bonds is 4. The monoisotopic (exact) mass is 237 g/mol. The molecule has 0 bridgehead atoms. The van der Waals surface area contributed by atoms with Gasteiger partial charge in [-0.05, 0) is 17.7 Å². The Morgan fingerprint density at radius 3 is 2.50 bits per heavy atom. The Morgan fingerprint density at radius 2 is 1.83 bits per heavy atom. The van der Waals surface area contributed by atoms with E-state index in [0.29, 0.717) is 23.5 Å². The van der Waals surface area contributed by atoms with Crippen molar-refractivity contribution in [2.45, 2.75) is 6.61 Å². The predicted molar refractivity (Wildman–Crippen MR) is 67.3 cm³/mol. The number of hydrogen-bond donors (Lipinski definition) is 0. The molecular weight excluding hydrogens is 226 g/mol. The van der Waals surface area contributed by atoms with Gasteiger partial charge in [0.05, 0.1) is 5.56 Å².